The predicted octanol–water partition coefficient (Wildman–Crippen LogP) is 2.47. The number of rotatable bonds is 3. The van der Waals surface area contributed by atoms with Crippen molar-refractivity contribution in [2.24, 2.45) is 0 Å². The molecule has 5 heteroatoms. The Labute approximate surface area is 90.4 Å². The molecule has 1 heterocycles. The quantitative estimate of drug-likeness (QED) is 0.748. The Morgan fingerprint density at radius 1 is 1.25 bits per heavy atom. The average Bonchev–Trinajstić information content (AvgIpc) is 2.28. The molecule has 2 rings (SSSR count). The summed E-state index contributed by atoms with van der Waals surface area (Å²) in [7, 11) is 0. The fourth-order valence-electron chi connectivity index (χ4n) is 1.20. The van der Waals surface area contributed by atoms with Crippen molar-refractivity contribution in [3.05, 3.63) is 42.6 Å². The Balaban J connectivity index is 2.45. The fraction of sp³-hybridized carbons (Fsp3) is 0.0909. The third-order valence-corrected chi connectivity index (χ3v) is 1.91. The van der Waals surface area contributed by atoms with Crippen molar-refractivity contribution in [3.63, 3.8) is 0 Å². The first-order valence-corrected chi connectivity index (χ1v) is 4.56. The molecule has 0 aliphatic rings. The SMILES string of the molecule is C=CCOc1cnc2cc(F)c(F)cc2n1. The highest BCUT2D eigenvalue weighted by molar-refractivity contribution is 5.74. The molecule has 0 radical (unpaired) electrons. The van der Waals surface area contributed by atoms with Gasteiger partial charge in [0.25, 0.3) is 0 Å². The van der Waals surface area contributed by atoms with Gasteiger partial charge in [-0.2, -0.15) is 0 Å². The number of hydrogen-bond acceptors (Lipinski definition) is 3. The van der Waals surface area contributed by atoms with E-state index in [9.17, 15) is 8.78 Å². The highest BCUT2D eigenvalue weighted by atomic mass is 19.2. The summed E-state index contributed by atoms with van der Waals surface area (Å²) >= 11 is 0. The fourth-order valence-corrected chi connectivity index (χ4v) is 1.20. The van der Waals surface area contributed by atoms with Crippen LogP contribution in [0.5, 0.6) is 5.88 Å². The van der Waals surface area contributed by atoms with Crippen LogP contribution in [-0.4, -0.2) is 16.6 Å². The summed E-state index contributed by atoms with van der Waals surface area (Å²) in [6, 6.07) is 1.98. The Morgan fingerprint density at radius 2 is 1.94 bits per heavy atom. The van der Waals surface area contributed by atoms with Gasteiger partial charge in [-0.1, -0.05) is 12.7 Å². The lowest BCUT2D eigenvalue weighted by Crippen LogP contribution is -1.97. The smallest absolute Gasteiger partial charge is 0.233 e. The van der Waals surface area contributed by atoms with Crippen molar-refractivity contribution in [1.29, 1.82) is 0 Å². The molecule has 1 aromatic heterocycles. The molecule has 16 heavy (non-hydrogen) atoms. The molecule has 0 bridgehead atoms. The molecule has 0 aliphatic heterocycles. The molecular weight excluding hydrogens is 214 g/mol. The van der Waals surface area contributed by atoms with Gasteiger partial charge >= 0.3 is 0 Å². The number of hydrogen-bond donors (Lipinski definition) is 0. The highest BCUT2D eigenvalue weighted by Gasteiger charge is 2.07. The molecule has 82 valence electrons. The van der Waals surface area contributed by atoms with E-state index < -0.39 is 11.6 Å². The second kappa shape index (κ2) is 4.22. The Bertz CT molecular complexity index is 543. The maximum Gasteiger partial charge on any atom is 0.233 e. The molecule has 0 unspecified atom stereocenters. The van der Waals surface area contributed by atoms with E-state index in [1.807, 2.05) is 0 Å². The van der Waals surface area contributed by atoms with Gasteiger partial charge in [0.05, 0.1) is 17.2 Å². The maximum atomic E-state index is 12.9. The standard InChI is InChI=1S/C11H8F2N2O/c1-2-3-16-11-6-14-9-4-7(12)8(13)5-10(9)15-11/h2,4-6H,1,3H2. The van der Waals surface area contributed by atoms with Crippen LogP contribution in [0.4, 0.5) is 8.78 Å². The zero-order valence-corrected chi connectivity index (χ0v) is 8.28. The molecule has 0 spiro atoms. The van der Waals surface area contributed by atoms with E-state index in [0.29, 0.717) is 0 Å². The molecule has 1 aromatic carbocycles. The summed E-state index contributed by atoms with van der Waals surface area (Å²) in [5.41, 5.74) is 0.533. The van der Waals surface area contributed by atoms with Gasteiger partial charge in [0, 0.05) is 12.1 Å². The average molecular weight is 222 g/mol. The first-order chi connectivity index (χ1) is 7.70. The molecule has 0 fully saturated rings. The van der Waals surface area contributed by atoms with Crippen molar-refractivity contribution >= 4 is 11.0 Å². The summed E-state index contributed by atoms with van der Waals surface area (Å²) in [5.74, 6) is -1.65. The van der Waals surface area contributed by atoms with Crippen LogP contribution in [-0.2, 0) is 0 Å². The topological polar surface area (TPSA) is 35.0 Å². The van der Waals surface area contributed by atoms with Gasteiger partial charge in [0.15, 0.2) is 11.6 Å². The Morgan fingerprint density at radius 3 is 2.62 bits per heavy atom. The number of fused-ring (bicyclic) bond motifs is 1. The van der Waals surface area contributed by atoms with Gasteiger partial charge in [-0.3, -0.25) is 0 Å². The van der Waals surface area contributed by atoms with Gasteiger partial charge in [-0.15, -0.1) is 0 Å². The monoisotopic (exact) mass is 222 g/mol. The lowest BCUT2D eigenvalue weighted by molar-refractivity contribution is 0.348. The largest absolute Gasteiger partial charge is 0.472 e. The van der Waals surface area contributed by atoms with Crippen molar-refractivity contribution in [2.75, 3.05) is 6.61 Å². The molecule has 0 atom stereocenters. The molecule has 0 saturated heterocycles. The second-order valence-corrected chi connectivity index (χ2v) is 3.06. The first-order valence-electron chi connectivity index (χ1n) is 4.56. The summed E-state index contributed by atoms with van der Waals surface area (Å²) in [4.78, 5) is 7.88. The molecule has 2 aromatic rings. The molecule has 0 saturated carbocycles. The van der Waals surface area contributed by atoms with E-state index in [4.69, 9.17) is 4.74 Å². The van der Waals surface area contributed by atoms with E-state index in [2.05, 4.69) is 16.5 Å². The molecule has 3 nitrogen and oxygen atoms in total. The second-order valence-electron chi connectivity index (χ2n) is 3.06. The van der Waals surface area contributed by atoms with Crippen LogP contribution in [0.25, 0.3) is 11.0 Å². The number of halogens is 2. The number of ether oxygens (including phenoxy) is 1. The van der Waals surface area contributed by atoms with Crippen molar-refractivity contribution in [1.82, 2.24) is 9.97 Å². The van der Waals surface area contributed by atoms with Crippen LogP contribution < -0.4 is 4.74 Å². The zero-order valence-electron chi connectivity index (χ0n) is 8.28. The predicted molar refractivity (Wildman–Crippen MR) is 55.1 cm³/mol. The third kappa shape index (κ3) is 1.98. The van der Waals surface area contributed by atoms with E-state index in [0.717, 1.165) is 12.1 Å². The molecular formula is C11H8F2N2O. The lowest BCUT2D eigenvalue weighted by Gasteiger charge is -2.03. The maximum absolute atomic E-state index is 12.9. The van der Waals surface area contributed by atoms with E-state index in [-0.39, 0.29) is 23.5 Å². The molecule has 0 N–H and O–H groups in total. The Kier molecular flexibility index (Phi) is 2.76. The van der Waals surface area contributed by atoms with Gasteiger partial charge in [0.1, 0.15) is 6.61 Å². The van der Waals surface area contributed by atoms with Gasteiger partial charge in [-0.05, 0) is 0 Å². The van der Waals surface area contributed by atoms with Crippen molar-refractivity contribution in [2.45, 2.75) is 0 Å². The van der Waals surface area contributed by atoms with Gasteiger partial charge in [-0.25, -0.2) is 18.7 Å². The normalized spacial score (nSPS) is 10.4. The summed E-state index contributed by atoms with van der Waals surface area (Å²) in [6.07, 6.45) is 2.90. The Hall–Kier alpha value is -2.04. The van der Waals surface area contributed by atoms with E-state index in [1.165, 1.54) is 6.20 Å². The summed E-state index contributed by atoms with van der Waals surface area (Å²) in [5, 5.41) is 0. The van der Waals surface area contributed by atoms with Crippen LogP contribution in [0.3, 0.4) is 0 Å². The van der Waals surface area contributed by atoms with Crippen LogP contribution in [0.2, 0.25) is 0 Å². The first kappa shape index (κ1) is 10.5. The minimum Gasteiger partial charge on any atom is -0.472 e. The third-order valence-electron chi connectivity index (χ3n) is 1.91. The van der Waals surface area contributed by atoms with E-state index in [1.54, 1.807) is 6.08 Å². The molecule has 0 aliphatic carbocycles. The number of aromatic nitrogens is 2. The number of benzene rings is 1. The minimum atomic E-state index is -0.956. The van der Waals surface area contributed by atoms with Crippen LogP contribution in [0.15, 0.2) is 31.0 Å². The summed E-state index contributed by atoms with van der Waals surface area (Å²) < 4.78 is 30.9. The van der Waals surface area contributed by atoms with E-state index >= 15 is 0 Å². The van der Waals surface area contributed by atoms with Crippen LogP contribution in [0.1, 0.15) is 0 Å². The minimum absolute atomic E-state index is 0.249. The van der Waals surface area contributed by atoms with Crippen LogP contribution in [0, 0.1) is 11.6 Å². The van der Waals surface area contributed by atoms with Crippen molar-refractivity contribution in [3.8, 4) is 5.88 Å². The molecule has 0 amide bonds. The highest BCUT2D eigenvalue weighted by Crippen LogP contribution is 2.17. The van der Waals surface area contributed by atoms with Crippen molar-refractivity contribution < 1.29 is 13.5 Å². The summed E-state index contributed by atoms with van der Waals surface area (Å²) in [6.45, 7) is 3.76. The zero-order chi connectivity index (χ0) is 11.5. The lowest BCUT2D eigenvalue weighted by atomic mass is 10.3. The van der Waals surface area contributed by atoms with Crippen LogP contribution >= 0.6 is 0 Å². The van der Waals surface area contributed by atoms with Gasteiger partial charge in [0.2, 0.25) is 5.88 Å². The number of nitrogens with zero attached hydrogens (tertiary/aromatic N) is 2. The van der Waals surface area contributed by atoms with Gasteiger partial charge < -0.3 is 4.74 Å².